The summed E-state index contributed by atoms with van der Waals surface area (Å²) in [4.78, 5) is 45.7. The molecule has 1 fully saturated rings. The van der Waals surface area contributed by atoms with Gasteiger partial charge in [-0.15, -0.1) is 0 Å². The lowest BCUT2D eigenvalue weighted by Crippen LogP contribution is -2.60. The number of carboxylic acid groups (broad SMARTS) is 2. The van der Waals surface area contributed by atoms with Gasteiger partial charge in [0.25, 0.3) is 11.9 Å². The molecule has 0 amide bonds. The monoisotopic (exact) mass is 623 g/mol. The van der Waals surface area contributed by atoms with Crippen molar-refractivity contribution in [2.75, 3.05) is 6.61 Å². The number of phenols is 4. The molecule has 0 radical (unpaired) electrons. The first-order chi connectivity index (χ1) is 20.7. The Hall–Kier alpha value is -5.26. The number of ether oxygens (including phenoxy) is 5. The average Bonchev–Trinajstić information content (AvgIpc) is 2.92. The van der Waals surface area contributed by atoms with E-state index in [4.69, 9.17) is 29.2 Å². The van der Waals surface area contributed by atoms with Crippen LogP contribution in [-0.4, -0.2) is 107 Å². The lowest BCUT2D eigenvalue weighted by molar-refractivity contribution is -0.298. The fraction of sp³-hybridized carbons (Fsp3) is 0.333. The Bertz CT molecular complexity index is 1480. The number of carbonyl (C=O) groups is 4. The van der Waals surface area contributed by atoms with Crippen molar-refractivity contribution in [3.8, 4) is 28.7 Å². The van der Waals surface area contributed by atoms with Crippen LogP contribution in [0, 0.1) is 0 Å². The van der Waals surface area contributed by atoms with Gasteiger partial charge in [0.05, 0.1) is 11.6 Å². The summed E-state index contributed by atoms with van der Waals surface area (Å²) in [7, 11) is 0. The minimum atomic E-state index is -2.02. The van der Waals surface area contributed by atoms with Gasteiger partial charge in [-0.05, 0) is 18.2 Å². The van der Waals surface area contributed by atoms with Crippen molar-refractivity contribution in [2.24, 2.45) is 0 Å². The lowest BCUT2D eigenvalue weighted by atomic mass is 9.98. The number of aliphatic carboxylic acids is 2. The summed E-state index contributed by atoms with van der Waals surface area (Å²) in [6, 6.07) is 5.87. The average molecular weight is 623 g/mol. The Morgan fingerprint density at radius 1 is 0.841 bits per heavy atom. The highest BCUT2D eigenvalue weighted by atomic mass is 16.7. The molecule has 1 saturated heterocycles. The standard InChI is InChI=1S/C27H26O17/c28-11-4-14(30)12-6-17(25(41-16(12)5-11)10-1-2-13(29)15(31)3-10)42-27-24(39)26(44-22(37)8-20(34)35)23(38)18(43-27)9-40-21(36)7-19(32)33/h1-6,18,23-31,38-39H,7-9H2,(H,32,33)(H,34,35)/p+1. The minimum Gasteiger partial charge on any atom is -0.571 e. The zero-order valence-electron chi connectivity index (χ0n) is 22.3. The van der Waals surface area contributed by atoms with E-state index in [2.05, 4.69) is 4.74 Å². The first-order valence-electron chi connectivity index (χ1n) is 12.7. The number of fused-ring (bicyclic) bond motifs is 1. The van der Waals surface area contributed by atoms with Crippen molar-refractivity contribution in [3.63, 3.8) is 0 Å². The van der Waals surface area contributed by atoms with Gasteiger partial charge in [0.1, 0.15) is 48.7 Å². The summed E-state index contributed by atoms with van der Waals surface area (Å²) in [5, 5.41) is 79.7. The molecule has 2 aromatic rings. The number of esters is 2. The highest BCUT2D eigenvalue weighted by Gasteiger charge is 2.50. The molecule has 0 aromatic heterocycles. The molecule has 4 rings (SSSR count). The van der Waals surface area contributed by atoms with Gasteiger partial charge < -0.3 is 64.5 Å². The van der Waals surface area contributed by atoms with E-state index >= 15 is 0 Å². The Morgan fingerprint density at radius 3 is 2.18 bits per heavy atom. The molecule has 0 aliphatic carbocycles. The topological polar surface area (TPSA) is 280 Å². The van der Waals surface area contributed by atoms with E-state index in [1.54, 1.807) is 0 Å². The molecule has 2 heterocycles. The van der Waals surface area contributed by atoms with Crippen LogP contribution in [0.4, 0.5) is 0 Å². The molecule has 2 aromatic carbocycles. The van der Waals surface area contributed by atoms with Crippen LogP contribution in [0.15, 0.2) is 36.1 Å². The van der Waals surface area contributed by atoms with Gasteiger partial charge in [-0.2, -0.15) is 0 Å². The van der Waals surface area contributed by atoms with E-state index in [1.807, 2.05) is 0 Å². The molecule has 2 aliphatic rings. The van der Waals surface area contributed by atoms with Gasteiger partial charge in [-0.25, -0.2) is 0 Å². The largest absolute Gasteiger partial charge is 0.571 e. The van der Waals surface area contributed by atoms with Crippen LogP contribution in [0.2, 0.25) is 0 Å². The minimum absolute atomic E-state index is 0.0472. The van der Waals surface area contributed by atoms with Gasteiger partial charge in [-0.1, -0.05) is 0 Å². The van der Waals surface area contributed by atoms with Crippen molar-refractivity contribution < 1.29 is 83.7 Å². The van der Waals surface area contributed by atoms with E-state index in [-0.39, 0.29) is 28.4 Å². The third-order valence-corrected chi connectivity index (χ3v) is 6.42. The first kappa shape index (κ1) is 31.7. The van der Waals surface area contributed by atoms with E-state index in [0.717, 1.165) is 18.2 Å². The molecule has 2 aliphatic heterocycles. The van der Waals surface area contributed by atoms with Gasteiger partial charge >= 0.3 is 23.9 Å². The van der Waals surface area contributed by atoms with Crippen LogP contribution in [-0.2, 0) is 38.1 Å². The zero-order chi connectivity index (χ0) is 32.3. The van der Waals surface area contributed by atoms with Gasteiger partial charge in [0.15, 0.2) is 29.5 Å². The van der Waals surface area contributed by atoms with Crippen LogP contribution in [0.5, 0.6) is 28.7 Å². The van der Waals surface area contributed by atoms with Crippen molar-refractivity contribution >= 4 is 30.0 Å². The number of rotatable bonds is 10. The van der Waals surface area contributed by atoms with Gasteiger partial charge in [0, 0.05) is 12.1 Å². The van der Waals surface area contributed by atoms with Crippen LogP contribution in [0.3, 0.4) is 0 Å². The molecule has 6 atom stereocenters. The molecule has 236 valence electrons. The number of hydrogen-bond donors (Lipinski definition) is 8. The number of hydrogen-bond acceptors (Lipinski definition) is 14. The molecule has 0 spiro atoms. The van der Waals surface area contributed by atoms with E-state index in [0.29, 0.717) is 0 Å². The summed E-state index contributed by atoms with van der Waals surface area (Å²) >= 11 is 0. The summed E-state index contributed by atoms with van der Waals surface area (Å²) in [6.07, 6.45) is -11.4. The molecular weight excluding hydrogens is 596 g/mol. The number of carbonyl (C=O) groups excluding carboxylic acids is 2. The van der Waals surface area contributed by atoms with Crippen molar-refractivity contribution in [2.45, 2.75) is 49.7 Å². The van der Waals surface area contributed by atoms with Crippen molar-refractivity contribution in [1.29, 1.82) is 0 Å². The Balaban J connectivity index is 1.69. The van der Waals surface area contributed by atoms with Crippen LogP contribution < -0.4 is 0 Å². The predicted octanol–water partition coefficient (Wildman–Crippen LogP) is -0.286. The van der Waals surface area contributed by atoms with E-state index < -0.39 is 97.4 Å². The third-order valence-electron chi connectivity index (χ3n) is 6.42. The van der Waals surface area contributed by atoms with Crippen molar-refractivity contribution in [1.82, 2.24) is 0 Å². The number of phenolic OH excluding ortho intramolecular Hbond substituents is 4. The maximum Gasteiger partial charge on any atom is 0.317 e. The molecular formula is C27H27O17+. The quantitative estimate of drug-likeness (QED) is 0.0730. The highest BCUT2D eigenvalue weighted by molar-refractivity contribution is 5.90. The molecule has 0 saturated carbocycles. The highest BCUT2D eigenvalue weighted by Crippen LogP contribution is 2.46. The molecule has 9 N–H and O–H groups in total. The lowest BCUT2D eigenvalue weighted by Gasteiger charge is -2.42. The second kappa shape index (κ2) is 12.9. The second-order valence-electron chi connectivity index (χ2n) is 9.64. The summed E-state index contributed by atoms with van der Waals surface area (Å²) in [5.74, 6) is -7.51. The Labute approximate surface area is 246 Å². The molecule has 6 unspecified atom stereocenters. The third kappa shape index (κ3) is 7.20. The van der Waals surface area contributed by atoms with Gasteiger partial charge in [-0.3, -0.25) is 19.2 Å². The smallest absolute Gasteiger partial charge is 0.317 e. The predicted molar refractivity (Wildman–Crippen MR) is 139 cm³/mol. The Morgan fingerprint density at radius 2 is 1.52 bits per heavy atom. The summed E-state index contributed by atoms with van der Waals surface area (Å²) in [6.45, 7) is -0.811. The van der Waals surface area contributed by atoms with Crippen LogP contribution in [0.1, 0.15) is 30.1 Å². The summed E-state index contributed by atoms with van der Waals surface area (Å²) < 4.78 is 25.7. The van der Waals surface area contributed by atoms with Gasteiger partial charge in [0.2, 0.25) is 6.29 Å². The fourth-order valence-electron chi connectivity index (χ4n) is 4.41. The van der Waals surface area contributed by atoms with Crippen LogP contribution in [0.25, 0.3) is 6.08 Å². The zero-order valence-corrected chi connectivity index (χ0v) is 22.3. The van der Waals surface area contributed by atoms with E-state index in [9.17, 15) is 49.8 Å². The number of benzene rings is 2. The van der Waals surface area contributed by atoms with Crippen LogP contribution >= 0.6 is 0 Å². The Kier molecular flexibility index (Phi) is 9.32. The number of aromatic hydroxyl groups is 5. The number of aliphatic hydroxyl groups is 3. The fourth-order valence-corrected chi connectivity index (χ4v) is 4.41. The second-order valence-corrected chi connectivity index (χ2v) is 9.64. The maximum absolute atomic E-state index is 12.1. The summed E-state index contributed by atoms with van der Waals surface area (Å²) in [5.41, 5.74) is 0.250. The molecule has 17 heteroatoms. The SMILES string of the molecule is O=C(O)CC(=O)OCC1OC(OC2=Cc3c(O)cc(O)cc3[OH+]C2c2ccc(O)c(O)c2)C(O)C(OC(=O)CC(=O)O)C1O. The molecule has 44 heavy (non-hydrogen) atoms. The molecule has 0 bridgehead atoms. The first-order valence-corrected chi connectivity index (χ1v) is 12.7. The number of carboxylic acids is 2. The maximum atomic E-state index is 12.1. The normalized spacial score (nSPS) is 24.2. The van der Waals surface area contributed by atoms with E-state index in [1.165, 1.54) is 18.2 Å². The number of aliphatic hydroxyl groups excluding tert-OH is 2. The molecule has 17 nitrogen and oxygen atoms in total. The van der Waals surface area contributed by atoms with Crippen molar-refractivity contribution in [3.05, 3.63) is 47.2 Å².